The molecule has 2 aromatic rings. The number of alkyl halides is 2. The third-order valence-corrected chi connectivity index (χ3v) is 4.88. The maximum atomic E-state index is 13.2. The molecule has 1 aromatic carbocycles. The zero-order chi connectivity index (χ0) is 21.0. The van der Waals surface area contributed by atoms with Crippen molar-refractivity contribution in [2.75, 3.05) is 5.32 Å². The van der Waals surface area contributed by atoms with Crippen LogP contribution in [0.5, 0.6) is 0 Å². The zero-order valence-corrected chi connectivity index (χ0v) is 15.9. The van der Waals surface area contributed by atoms with Crippen molar-refractivity contribution in [2.45, 2.75) is 56.8 Å². The molecule has 0 spiro atoms. The number of rotatable bonds is 8. The lowest BCUT2D eigenvalue weighted by Crippen LogP contribution is -2.22. The molecular formula is C21H20F2N4O2. The van der Waals surface area contributed by atoms with Crippen molar-refractivity contribution in [3.8, 4) is 12.1 Å². The monoisotopic (exact) mass is 398 g/mol. The number of amides is 1. The van der Waals surface area contributed by atoms with E-state index in [1.54, 1.807) is 12.1 Å². The Bertz CT molecular complexity index is 978. The lowest BCUT2D eigenvalue weighted by atomic mass is 9.90. The normalized spacial score (nSPS) is 14.7. The molecule has 3 rings (SSSR count). The predicted molar refractivity (Wildman–Crippen MR) is 100 cm³/mol. The van der Waals surface area contributed by atoms with Crippen molar-refractivity contribution in [1.29, 1.82) is 10.5 Å². The summed E-state index contributed by atoms with van der Waals surface area (Å²) < 4.78 is 31.6. The van der Waals surface area contributed by atoms with E-state index in [1.165, 1.54) is 12.1 Å². The number of nitrogens with zero attached hydrogens (tertiary/aromatic N) is 3. The van der Waals surface area contributed by atoms with E-state index < -0.39 is 17.7 Å². The third kappa shape index (κ3) is 5.39. The molecule has 29 heavy (non-hydrogen) atoms. The minimum absolute atomic E-state index is 0.118. The summed E-state index contributed by atoms with van der Waals surface area (Å²) in [5.41, 5.74) is 1.60. The Morgan fingerprint density at radius 2 is 2.03 bits per heavy atom. The molecule has 1 aliphatic carbocycles. The summed E-state index contributed by atoms with van der Waals surface area (Å²) in [6.45, 7) is 0.839. The van der Waals surface area contributed by atoms with Gasteiger partial charge in [0.25, 0.3) is 0 Å². The molecule has 1 fully saturated rings. The van der Waals surface area contributed by atoms with Gasteiger partial charge < -0.3 is 4.52 Å². The summed E-state index contributed by atoms with van der Waals surface area (Å²) in [5, 5.41) is 24.9. The van der Waals surface area contributed by atoms with Gasteiger partial charge in [-0.1, -0.05) is 11.2 Å². The number of carbonyl (C=O) groups is 1. The van der Waals surface area contributed by atoms with E-state index in [2.05, 4.69) is 10.5 Å². The SMILES string of the molecule is CC(F)(F)CCC[C@H](C(=O)Nc1cc(C2CC2)no1)c1ccc(C#N)c(C#N)c1. The highest BCUT2D eigenvalue weighted by Gasteiger charge is 2.29. The highest BCUT2D eigenvalue weighted by atomic mass is 19.3. The van der Waals surface area contributed by atoms with Gasteiger partial charge in [-0.2, -0.15) is 10.5 Å². The van der Waals surface area contributed by atoms with Crippen molar-refractivity contribution in [1.82, 2.24) is 5.16 Å². The van der Waals surface area contributed by atoms with Crippen molar-refractivity contribution >= 4 is 11.8 Å². The summed E-state index contributed by atoms with van der Waals surface area (Å²) in [6.07, 6.45) is 2.00. The first-order valence-corrected chi connectivity index (χ1v) is 9.40. The van der Waals surface area contributed by atoms with Crippen LogP contribution in [0.1, 0.15) is 73.2 Å². The summed E-state index contributed by atoms with van der Waals surface area (Å²) in [4.78, 5) is 12.9. The van der Waals surface area contributed by atoms with E-state index in [0.717, 1.165) is 25.5 Å². The van der Waals surface area contributed by atoms with Gasteiger partial charge in [-0.25, -0.2) is 8.78 Å². The fourth-order valence-corrected chi connectivity index (χ4v) is 3.16. The van der Waals surface area contributed by atoms with Crippen LogP contribution in [-0.2, 0) is 4.79 Å². The molecule has 1 atom stereocenters. The largest absolute Gasteiger partial charge is 0.338 e. The highest BCUT2D eigenvalue weighted by Crippen LogP contribution is 2.40. The van der Waals surface area contributed by atoms with Crippen molar-refractivity contribution in [3.63, 3.8) is 0 Å². The van der Waals surface area contributed by atoms with Crippen LogP contribution in [0.4, 0.5) is 14.7 Å². The first kappa shape index (κ1) is 20.5. The molecule has 1 aliphatic rings. The van der Waals surface area contributed by atoms with E-state index in [1.807, 2.05) is 12.1 Å². The molecule has 0 bridgehead atoms. The van der Waals surface area contributed by atoms with Gasteiger partial charge in [0.2, 0.25) is 17.7 Å². The van der Waals surface area contributed by atoms with E-state index in [-0.39, 0.29) is 36.3 Å². The van der Waals surface area contributed by atoms with Gasteiger partial charge in [-0.15, -0.1) is 0 Å². The molecule has 0 saturated heterocycles. The van der Waals surface area contributed by atoms with E-state index in [4.69, 9.17) is 9.78 Å². The van der Waals surface area contributed by atoms with Gasteiger partial charge in [0.1, 0.15) is 12.1 Å². The number of benzene rings is 1. The van der Waals surface area contributed by atoms with Crippen molar-refractivity contribution in [3.05, 3.63) is 46.6 Å². The first-order valence-electron chi connectivity index (χ1n) is 9.40. The van der Waals surface area contributed by atoms with Gasteiger partial charge in [0.15, 0.2) is 0 Å². The maximum Gasteiger partial charge on any atom is 0.245 e. The van der Waals surface area contributed by atoms with Crippen LogP contribution in [0.2, 0.25) is 0 Å². The fraction of sp³-hybridized carbons (Fsp3) is 0.429. The average molecular weight is 398 g/mol. The lowest BCUT2D eigenvalue weighted by Gasteiger charge is -2.18. The molecule has 1 N–H and O–H groups in total. The second-order valence-electron chi connectivity index (χ2n) is 7.42. The Kier molecular flexibility index (Phi) is 5.93. The Morgan fingerprint density at radius 3 is 2.66 bits per heavy atom. The van der Waals surface area contributed by atoms with Crippen LogP contribution >= 0.6 is 0 Å². The fourth-order valence-electron chi connectivity index (χ4n) is 3.16. The Hall–Kier alpha value is -3.26. The Morgan fingerprint density at radius 1 is 1.31 bits per heavy atom. The lowest BCUT2D eigenvalue weighted by molar-refractivity contribution is -0.118. The van der Waals surface area contributed by atoms with Crippen LogP contribution in [0.3, 0.4) is 0 Å². The number of hydrogen-bond donors (Lipinski definition) is 1. The van der Waals surface area contributed by atoms with Crippen molar-refractivity contribution in [2.24, 2.45) is 0 Å². The van der Waals surface area contributed by atoms with Crippen LogP contribution in [0.15, 0.2) is 28.8 Å². The Labute approximate surface area is 167 Å². The van der Waals surface area contributed by atoms with Crippen LogP contribution in [-0.4, -0.2) is 17.0 Å². The van der Waals surface area contributed by atoms with E-state index >= 15 is 0 Å². The van der Waals surface area contributed by atoms with Gasteiger partial charge in [0.05, 0.1) is 22.7 Å². The van der Waals surface area contributed by atoms with Crippen LogP contribution in [0.25, 0.3) is 0 Å². The molecule has 1 aromatic heterocycles. The highest BCUT2D eigenvalue weighted by molar-refractivity contribution is 5.95. The average Bonchev–Trinajstić information content (AvgIpc) is 3.43. The summed E-state index contributed by atoms with van der Waals surface area (Å²) >= 11 is 0. The number of carbonyl (C=O) groups excluding carboxylic acids is 1. The second kappa shape index (κ2) is 8.40. The number of anilines is 1. The maximum absolute atomic E-state index is 13.2. The number of aromatic nitrogens is 1. The summed E-state index contributed by atoms with van der Waals surface area (Å²) in [6, 6.07) is 10.0. The molecule has 1 amide bonds. The first-order chi connectivity index (χ1) is 13.8. The zero-order valence-electron chi connectivity index (χ0n) is 15.9. The smallest absolute Gasteiger partial charge is 0.245 e. The standard InChI is InChI=1S/C21H20F2N4O2/c1-21(22,23)8-2-3-17(14-6-7-15(11-24)16(9-14)12-25)20(28)26-19-10-18(27-29-19)13-4-5-13/h6-7,9-10,13,17H,2-5,8H2,1H3,(H,26,28)/t17-/m0/s1. The Balaban J connectivity index is 1.80. The molecule has 150 valence electrons. The topological polar surface area (TPSA) is 103 Å². The number of halogens is 2. The summed E-state index contributed by atoms with van der Waals surface area (Å²) in [5.74, 6) is -3.46. The minimum atomic E-state index is -2.83. The molecule has 0 radical (unpaired) electrons. The van der Waals surface area contributed by atoms with Gasteiger partial charge in [-0.3, -0.25) is 10.1 Å². The van der Waals surface area contributed by atoms with E-state index in [9.17, 15) is 18.8 Å². The molecular weight excluding hydrogens is 378 g/mol. The van der Waals surface area contributed by atoms with Gasteiger partial charge in [-0.05, 0) is 50.3 Å². The quantitative estimate of drug-likeness (QED) is 0.685. The van der Waals surface area contributed by atoms with Gasteiger partial charge >= 0.3 is 0 Å². The molecule has 0 aliphatic heterocycles. The van der Waals surface area contributed by atoms with Crippen LogP contribution in [0, 0.1) is 22.7 Å². The third-order valence-electron chi connectivity index (χ3n) is 4.88. The summed E-state index contributed by atoms with van der Waals surface area (Å²) in [7, 11) is 0. The van der Waals surface area contributed by atoms with Gasteiger partial charge in [0, 0.05) is 18.4 Å². The predicted octanol–water partition coefficient (Wildman–Crippen LogP) is 4.84. The minimum Gasteiger partial charge on any atom is -0.338 e. The molecule has 8 heteroatoms. The van der Waals surface area contributed by atoms with E-state index in [0.29, 0.717) is 11.5 Å². The molecule has 0 unspecified atom stereocenters. The van der Waals surface area contributed by atoms with Crippen LogP contribution < -0.4 is 5.32 Å². The molecule has 1 saturated carbocycles. The number of hydrogen-bond acceptors (Lipinski definition) is 5. The van der Waals surface area contributed by atoms with Crippen molar-refractivity contribution < 1.29 is 18.1 Å². The number of nitriles is 2. The second-order valence-corrected chi connectivity index (χ2v) is 7.42. The molecule has 1 heterocycles. The molecule has 6 nitrogen and oxygen atoms in total. The number of nitrogens with one attached hydrogen (secondary N) is 1.